The van der Waals surface area contributed by atoms with Gasteiger partial charge in [-0.05, 0) is 24.7 Å². The Morgan fingerprint density at radius 2 is 2.05 bits per heavy atom. The van der Waals surface area contributed by atoms with E-state index in [1.54, 1.807) is 19.3 Å². The first-order valence-electron chi connectivity index (χ1n) is 5.64. The van der Waals surface area contributed by atoms with Crippen LogP contribution >= 0.6 is 11.6 Å². The van der Waals surface area contributed by atoms with Gasteiger partial charge in [0.05, 0.1) is 18.2 Å². The molecule has 0 aliphatic carbocycles. The van der Waals surface area contributed by atoms with Crippen LogP contribution < -0.4 is 10.1 Å². The standard InChI is InChI=1S/C13H13ClFN3O/c1-16-11(8-3-4-9(14)10(15)7-8)12-13(19-2)18-6-5-17-12/h3-7,11,16H,1-2H3. The third kappa shape index (κ3) is 2.83. The largest absolute Gasteiger partial charge is 0.480 e. The smallest absolute Gasteiger partial charge is 0.237 e. The Bertz CT molecular complexity index is 580. The maximum Gasteiger partial charge on any atom is 0.237 e. The number of hydrogen-bond acceptors (Lipinski definition) is 4. The molecule has 0 spiro atoms. The van der Waals surface area contributed by atoms with Gasteiger partial charge >= 0.3 is 0 Å². The number of methoxy groups -OCH3 is 1. The molecule has 0 saturated heterocycles. The van der Waals surface area contributed by atoms with Gasteiger partial charge in [-0.25, -0.2) is 9.37 Å². The van der Waals surface area contributed by atoms with Gasteiger partial charge in [0.25, 0.3) is 0 Å². The minimum absolute atomic E-state index is 0.0877. The van der Waals surface area contributed by atoms with E-state index in [9.17, 15) is 4.39 Å². The Hall–Kier alpha value is -1.72. The molecule has 0 aliphatic heterocycles. The first kappa shape index (κ1) is 13.7. The van der Waals surface area contributed by atoms with Crippen LogP contribution in [0.5, 0.6) is 5.88 Å². The Morgan fingerprint density at radius 1 is 1.32 bits per heavy atom. The van der Waals surface area contributed by atoms with Gasteiger partial charge in [-0.15, -0.1) is 0 Å². The summed E-state index contributed by atoms with van der Waals surface area (Å²) in [5.74, 6) is -0.0699. The third-order valence-corrected chi connectivity index (χ3v) is 3.03. The van der Waals surface area contributed by atoms with E-state index in [-0.39, 0.29) is 11.1 Å². The monoisotopic (exact) mass is 281 g/mol. The van der Waals surface area contributed by atoms with Crippen molar-refractivity contribution in [2.45, 2.75) is 6.04 Å². The molecule has 2 aromatic rings. The molecule has 0 aliphatic rings. The molecule has 100 valence electrons. The van der Waals surface area contributed by atoms with E-state index < -0.39 is 5.82 Å². The van der Waals surface area contributed by atoms with E-state index in [4.69, 9.17) is 16.3 Å². The fourth-order valence-electron chi connectivity index (χ4n) is 1.84. The van der Waals surface area contributed by atoms with Crippen molar-refractivity contribution < 1.29 is 9.13 Å². The zero-order valence-corrected chi connectivity index (χ0v) is 11.3. The van der Waals surface area contributed by atoms with Gasteiger partial charge in [-0.1, -0.05) is 17.7 Å². The second-order valence-electron chi connectivity index (χ2n) is 3.85. The van der Waals surface area contributed by atoms with Gasteiger partial charge in [-0.3, -0.25) is 4.98 Å². The lowest BCUT2D eigenvalue weighted by Crippen LogP contribution is -2.20. The molecule has 0 radical (unpaired) electrons. The van der Waals surface area contributed by atoms with Crippen molar-refractivity contribution in [1.29, 1.82) is 0 Å². The van der Waals surface area contributed by atoms with Crippen LogP contribution in [0.4, 0.5) is 4.39 Å². The van der Waals surface area contributed by atoms with Crippen LogP contribution in [0.3, 0.4) is 0 Å². The second kappa shape index (κ2) is 5.95. The summed E-state index contributed by atoms with van der Waals surface area (Å²) in [5.41, 5.74) is 1.29. The quantitative estimate of drug-likeness (QED) is 0.936. The highest BCUT2D eigenvalue weighted by Gasteiger charge is 2.19. The minimum Gasteiger partial charge on any atom is -0.480 e. The Kier molecular flexibility index (Phi) is 4.29. The van der Waals surface area contributed by atoms with Crippen molar-refractivity contribution in [3.8, 4) is 5.88 Å². The summed E-state index contributed by atoms with van der Waals surface area (Å²) in [5, 5.41) is 3.15. The van der Waals surface area contributed by atoms with Crippen LogP contribution in [0.25, 0.3) is 0 Å². The van der Waals surface area contributed by atoms with Crippen molar-refractivity contribution >= 4 is 11.6 Å². The third-order valence-electron chi connectivity index (χ3n) is 2.72. The average Bonchev–Trinajstić information content (AvgIpc) is 2.44. The number of hydrogen-bond donors (Lipinski definition) is 1. The highest BCUT2D eigenvalue weighted by molar-refractivity contribution is 6.30. The topological polar surface area (TPSA) is 47.0 Å². The lowest BCUT2D eigenvalue weighted by Gasteiger charge is -2.18. The lowest BCUT2D eigenvalue weighted by molar-refractivity contribution is 0.384. The van der Waals surface area contributed by atoms with Crippen molar-refractivity contribution in [3.63, 3.8) is 0 Å². The first-order chi connectivity index (χ1) is 9.17. The van der Waals surface area contributed by atoms with Crippen LogP contribution in [-0.2, 0) is 0 Å². The van der Waals surface area contributed by atoms with Gasteiger partial charge < -0.3 is 10.1 Å². The van der Waals surface area contributed by atoms with Gasteiger partial charge in [0, 0.05) is 12.4 Å². The summed E-state index contributed by atoms with van der Waals surface area (Å²) in [6.45, 7) is 0. The highest BCUT2D eigenvalue weighted by atomic mass is 35.5. The normalized spacial score (nSPS) is 12.2. The molecule has 0 saturated carbocycles. The van der Waals surface area contributed by atoms with Crippen molar-refractivity contribution in [2.75, 3.05) is 14.2 Å². The Morgan fingerprint density at radius 3 is 2.68 bits per heavy atom. The van der Waals surface area contributed by atoms with Gasteiger partial charge in [0.15, 0.2) is 0 Å². The molecule has 1 N–H and O–H groups in total. The van der Waals surface area contributed by atoms with Gasteiger partial charge in [0.1, 0.15) is 11.5 Å². The van der Waals surface area contributed by atoms with Crippen LogP contribution in [0.2, 0.25) is 5.02 Å². The van der Waals surface area contributed by atoms with E-state index >= 15 is 0 Å². The molecule has 2 rings (SSSR count). The minimum atomic E-state index is -0.470. The summed E-state index contributed by atoms with van der Waals surface area (Å²) in [6, 6.07) is 4.30. The number of ether oxygens (including phenoxy) is 1. The van der Waals surface area contributed by atoms with Crippen molar-refractivity contribution in [1.82, 2.24) is 15.3 Å². The summed E-state index contributed by atoms with van der Waals surface area (Å²) in [6.07, 6.45) is 3.10. The zero-order chi connectivity index (χ0) is 13.8. The lowest BCUT2D eigenvalue weighted by atomic mass is 10.0. The van der Waals surface area contributed by atoms with E-state index in [1.807, 2.05) is 0 Å². The number of nitrogens with one attached hydrogen (secondary N) is 1. The predicted octanol–water partition coefficient (Wildman–Crippen LogP) is 2.59. The van der Waals surface area contributed by atoms with Crippen LogP contribution in [-0.4, -0.2) is 24.1 Å². The summed E-state index contributed by atoms with van der Waals surface area (Å²) < 4.78 is 18.7. The van der Waals surface area contributed by atoms with Crippen LogP contribution in [0.1, 0.15) is 17.3 Å². The number of rotatable bonds is 4. The van der Waals surface area contributed by atoms with Crippen molar-refractivity contribution in [2.24, 2.45) is 0 Å². The number of aromatic nitrogens is 2. The fraction of sp³-hybridized carbons (Fsp3) is 0.231. The number of nitrogens with zero attached hydrogens (tertiary/aromatic N) is 2. The van der Waals surface area contributed by atoms with E-state index in [0.717, 1.165) is 0 Å². The van der Waals surface area contributed by atoms with Crippen LogP contribution in [0.15, 0.2) is 30.6 Å². The molecule has 1 atom stereocenters. The van der Waals surface area contributed by atoms with E-state index in [1.165, 1.54) is 25.4 Å². The molecule has 1 heterocycles. The molecular weight excluding hydrogens is 269 g/mol. The van der Waals surface area contributed by atoms with Gasteiger partial charge in [-0.2, -0.15) is 0 Å². The highest BCUT2D eigenvalue weighted by Crippen LogP contribution is 2.28. The summed E-state index contributed by atoms with van der Waals surface area (Å²) in [7, 11) is 3.27. The van der Waals surface area contributed by atoms with Gasteiger partial charge in [0.2, 0.25) is 5.88 Å². The fourth-order valence-corrected chi connectivity index (χ4v) is 1.96. The maximum atomic E-state index is 13.5. The number of benzene rings is 1. The predicted molar refractivity (Wildman–Crippen MR) is 70.9 cm³/mol. The van der Waals surface area contributed by atoms with Crippen LogP contribution in [0, 0.1) is 5.82 Å². The van der Waals surface area contributed by atoms with E-state index in [2.05, 4.69) is 15.3 Å². The zero-order valence-electron chi connectivity index (χ0n) is 10.5. The SMILES string of the molecule is CNC(c1ccc(Cl)c(F)c1)c1nccnc1OC. The second-order valence-corrected chi connectivity index (χ2v) is 4.25. The molecule has 1 unspecified atom stereocenters. The molecule has 0 bridgehead atoms. The maximum absolute atomic E-state index is 13.5. The average molecular weight is 282 g/mol. The molecule has 19 heavy (non-hydrogen) atoms. The van der Waals surface area contributed by atoms with Crippen molar-refractivity contribution in [3.05, 3.63) is 52.7 Å². The molecule has 1 aromatic carbocycles. The molecule has 0 amide bonds. The molecule has 4 nitrogen and oxygen atoms in total. The Labute approximate surface area is 115 Å². The number of halogens is 2. The summed E-state index contributed by atoms with van der Waals surface area (Å²) >= 11 is 5.69. The van der Waals surface area contributed by atoms with E-state index in [0.29, 0.717) is 17.1 Å². The Balaban J connectivity index is 2.46. The first-order valence-corrected chi connectivity index (χ1v) is 6.02. The molecular formula is C13H13ClFN3O. The molecule has 0 fully saturated rings. The molecule has 1 aromatic heterocycles. The summed E-state index contributed by atoms with van der Waals surface area (Å²) in [4.78, 5) is 8.33. The molecule has 6 heteroatoms.